The molecule has 0 aliphatic heterocycles. The van der Waals surface area contributed by atoms with Crippen molar-refractivity contribution < 1.29 is 4.52 Å². The fourth-order valence-electron chi connectivity index (χ4n) is 3.92. The highest BCUT2D eigenvalue weighted by Crippen LogP contribution is 2.22. The predicted molar refractivity (Wildman–Crippen MR) is 139 cm³/mol. The number of hydrogen-bond donors (Lipinski definition) is 2. The number of rotatable bonds is 8. The van der Waals surface area contributed by atoms with Crippen molar-refractivity contribution in [1.82, 2.24) is 15.8 Å². The zero-order chi connectivity index (χ0) is 21.3. The lowest BCUT2D eigenvalue weighted by Crippen LogP contribution is -2.41. The van der Waals surface area contributed by atoms with Crippen LogP contribution in [0.3, 0.4) is 0 Å². The maximum Gasteiger partial charge on any atom is 0.191 e. The van der Waals surface area contributed by atoms with Gasteiger partial charge in [-0.1, -0.05) is 72.7 Å². The van der Waals surface area contributed by atoms with Crippen LogP contribution in [0.2, 0.25) is 0 Å². The summed E-state index contributed by atoms with van der Waals surface area (Å²) in [5, 5.41) is 11.0. The van der Waals surface area contributed by atoms with Crippen LogP contribution in [0.15, 0.2) is 70.2 Å². The monoisotopic (exact) mass is 532 g/mol. The molecule has 0 radical (unpaired) electrons. The normalized spacial score (nSPS) is 13.2. The van der Waals surface area contributed by atoms with E-state index in [2.05, 4.69) is 88.4 Å². The van der Waals surface area contributed by atoms with Gasteiger partial charge in [0.25, 0.3) is 0 Å². The van der Waals surface area contributed by atoms with Crippen LogP contribution in [-0.4, -0.2) is 31.3 Å². The second kappa shape index (κ2) is 12.5. The molecule has 2 N–H and O–H groups in total. The highest BCUT2D eigenvalue weighted by atomic mass is 127. The van der Waals surface area contributed by atoms with Crippen LogP contribution in [0.25, 0.3) is 0 Å². The first-order valence-electron chi connectivity index (χ1n) is 10.5. The van der Waals surface area contributed by atoms with Gasteiger partial charge in [0, 0.05) is 37.5 Å². The Bertz CT molecular complexity index is 921. The fourth-order valence-corrected chi connectivity index (χ4v) is 3.92. The highest BCUT2D eigenvalue weighted by Gasteiger charge is 2.17. The summed E-state index contributed by atoms with van der Waals surface area (Å²) in [7, 11) is 1.81. The molecule has 3 aromatic rings. The smallest absolute Gasteiger partial charge is 0.191 e. The number of nitrogens with zero attached hydrogens (tertiary/aromatic N) is 2. The van der Waals surface area contributed by atoms with E-state index in [1.807, 2.05) is 20.9 Å². The molecule has 0 amide bonds. The molecular formula is C25H33IN4O. The van der Waals surface area contributed by atoms with Crippen LogP contribution < -0.4 is 10.6 Å². The Hall–Kier alpha value is -2.35. The van der Waals surface area contributed by atoms with Gasteiger partial charge in [-0.05, 0) is 31.4 Å². The van der Waals surface area contributed by atoms with Crippen molar-refractivity contribution in [2.24, 2.45) is 4.99 Å². The molecule has 0 fully saturated rings. The molecule has 0 saturated heterocycles. The Morgan fingerprint density at radius 3 is 2.16 bits per heavy atom. The average molecular weight is 532 g/mol. The van der Waals surface area contributed by atoms with E-state index in [0.717, 1.165) is 36.9 Å². The van der Waals surface area contributed by atoms with Gasteiger partial charge in [-0.3, -0.25) is 4.99 Å². The van der Waals surface area contributed by atoms with E-state index in [4.69, 9.17) is 4.52 Å². The van der Waals surface area contributed by atoms with Crippen LogP contribution in [0.5, 0.6) is 0 Å². The minimum Gasteiger partial charge on any atom is -0.361 e. The molecule has 2 atom stereocenters. The maximum absolute atomic E-state index is 5.31. The van der Waals surface area contributed by atoms with Gasteiger partial charge in [-0.2, -0.15) is 0 Å². The van der Waals surface area contributed by atoms with E-state index in [1.54, 1.807) is 0 Å². The average Bonchev–Trinajstić information content (AvgIpc) is 3.12. The first-order chi connectivity index (χ1) is 14.6. The quantitative estimate of drug-likeness (QED) is 0.238. The molecule has 0 aliphatic carbocycles. The van der Waals surface area contributed by atoms with Crippen molar-refractivity contribution in [2.45, 2.75) is 39.0 Å². The first kappa shape index (κ1) is 24.9. The van der Waals surface area contributed by atoms with Crippen molar-refractivity contribution >= 4 is 29.9 Å². The molecule has 31 heavy (non-hydrogen) atoms. The van der Waals surface area contributed by atoms with Crippen LogP contribution >= 0.6 is 24.0 Å². The van der Waals surface area contributed by atoms with E-state index in [0.29, 0.717) is 5.92 Å². The van der Waals surface area contributed by atoms with Gasteiger partial charge in [0.15, 0.2) is 5.96 Å². The number of halogens is 1. The molecule has 2 aromatic carbocycles. The number of guanidine groups is 1. The van der Waals surface area contributed by atoms with Gasteiger partial charge in [-0.25, -0.2) is 0 Å². The Balaban J connectivity index is 0.00000341. The molecule has 3 rings (SSSR count). The van der Waals surface area contributed by atoms with Crippen LogP contribution in [0, 0.1) is 13.8 Å². The number of aliphatic imine (C=N–C) groups is 1. The zero-order valence-corrected chi connectivity index (χ0v) is 21.1. The Morgan fingerprint density at radius 2 is 1.58 bits per heavy atom. The van der Waals surface area contributed by atoms with Crippen molar-refractivity contribution in [1.29, 1.82) is 0 Å². The molecule has 0 saturated carbocycles. The third-order valence-corrected chi connectivity index (χ3v) is 5.49. The molecule has 5 nitrogen and oxygen atoms in total. The molecule has 2 unspecified atom stereocenters. The van der Waals surface area contributed by atoms with E-state index in [-0.39, 0.29) is 29.9 Å². The van der Waals surface area contributed by atoms with E-state index in [1.165, 1.54) is 16.7 Å². The summed E-state index contributed by atoms with van der Waals surface area (Å²) in [5.74, 6) is 2.33. The lowest BCUT2D eigenvalue weighted by atomic mass is 9.92. The van der Waals surface area contributed by atoms with Crippen molar-refractivity contribution in [3.63, 3.8) is 0 Å². The number of aromatic nitrogens is 1. The Kier molecular flexibility index (Phi) is 10.0. The maximum atomic E-state index is 5.31. The number of nitrogens with one attached hydrogen (secondary N) is 2. The van der Waals surface area contributed by atoms with Gasteiger partial charge in [-0.15, -0.1) is 24.0 Å². The molecule has 166 valence electrons. The minimum absolute atomic E-state index is 0. The second-order valence-electron chi connectivity index (χ2n) is 7.77. The summed E-state index contributed by atoms with van der Waals surface area (Å²) in [5.41, 5.74) is 4.79. The third-order valence-electron chi connectivity index (χ3n) is 5.49. The van der Waals surface area contributed by atoms with Crippen LogP contribution in [0.1, 0.15) is 46.9 Å². The van der Waals surface area contributed by atoms with Gasteiger partial charge >= 0.3 is 0 Å². The Labute approximate surface area is 202 Å². The lowest BCUT2D eigenvalue weighted by Gasteiger charge is -2.21. The van der Waals surface area contributed by atoms with Gasteiger partial charge in [0.1, 0.15) is 5.76 Å². The predicted octanol–water partition coefficient (Wildman–Crippen LogP) is 5.20. The minimum atomic E-state index is 0. The summed E-state index contributed by atoms with van der Waals surface area (Å²) in [6.07, 6.45) is 0.977. The summed E-state index contributed by atoms with van der Waals surface area (Å²) >= 11 is 0. The van der Waals surface area contributed by atoms with Crippen molar-refractivity contribution in [2.75, 3.05) is 20.1 Å². The summed E-state index contributed by atoms with van der Waals surface area (Å²) in [4.78, 5) is 4.41. The summed E-state index contributed by atoms with van der Waals surface area (Å²) in [6.45, 7) is 7.70. The van der Waals surface area contributed by atoms with Crippen molar-refractivity contribution in [3.05, 3.63) is 88.8 Å². The SMILES string of the molecule is CN=C(NCC(C)c1c(C)noc1C)NCC(Cc1ccccc1)c1ccccc1.I. The van der Waals surface area contributed by atoms with E-state index in [9.17, 15) is 0 Å². The summed E-state index contributed by atoms with van der Waals surface area (Å²) < 4.78 is 5.31. The lowest BCUT2D eigenvalue weighted by molar-refractivity contribution is 0.391. The largest absolute Gasteiger partial charge is 0.361 e. The van der Waals surface area contributed by atoms with Gasteiger partial charge in [0.05, 0.1) is 5.69 Å². The van der Waals surface area contributed by atoms with Gasteiger partial charge < -0.3 is 15.2 Å². The molecular weight excluding hydrogens is 499 g/mol. The number of benzene rings is 2. The molecule has 0 bridgehead atoms. The molecule has 1 heterocycles. The fraction of sp³-hybridized carbons (Fsp3) is 0.360. The number of hydrogen-bond acceptors (Lipinski definition) is 3. The van der Waals surface area contributed by atoms with Gasteiger partial charge in [0.2, 0.25) is 0 Å². The molecule has 0 aliphatic rings. The highest BCUT2D eigenvalue weighted by molar-refractivity contribution is 14.0. The molecule has 6 heteroatoms. The zero-order valence-electron chi connectivity index (χ0n) is 18.8. The molecule has 1 aromatic heterocycles. The third kappa shape index (κ3) is 7.09. The van der Waals surface area contributed by atoms with Crippen LogP contribution in [0.4, 0.5) is 0 Å². The number of aryl methyl sites for hydroxylation is 2. The van der Waals surface area contributed by atoms with E-state index >= 15 is 0 Å². The van der Waals surface area contributed by atoms with E-state index < -0.39 is 0 Å². The Morgan fingerprint density at radius 1 is 0.968 bits per heavy atom. The molecule has 0 spiro atoms. The topological polar surface area (TPSA) is 62.5 Å². The van der Waals surface area contributed by atoms with Crippen molar-refractivity contribution in [3.8, 4) is 0 Å². The standard InChI is InChI=1S/C25H32N4O.HI/c1-18(24-19(2)29-30-20(24)3)16-27-25(26-4)28-17-23(22-13-9-6-10-14-22)15-21-11-7-5-8-12-21;/h5-14,18,23H,15-17H2,1-4H3,(H2,26,27,28);1H. The first-order valence-corrected chi connectivity index (χ1v) is 10.5. The van der Waals surface area contributed by atoms with Crippen LogP contribution in [-0.2, 0) is 6.42 Å². The second-order valence-corrected chi connectivity index (χ2v) is 7.77. The summed E-state index contributed by atoms with van der Waals surface area (Å²) in [6, 6.07) is 21.3.